The van der Waals surface area contributed by atoms with E-state index in [9.17, 15) is 22.8 Å². The summed E-state index contributed by atoms with van der Waals surface area (Å²) in [5.74, 6) is -1.16. The van der Waals surface area contributed by atoms with Gasteiger partial charge in [0, 0.05) is 17.1 Å². The van der Waals surface area contributed by atoms with Crippen molar-refractivity contribution in [1.29, 1.82) is 0 Å². The van der Waals surface area contributed by atoms with Crippen molar-refractivity contribution in [2.45, 2.75) is 19.5 Å². The Kier molecular flexibility index (Phi) is 6.63. The van der Waals surface area contributed by atoms with E-state index in [-0.39, 0.29) is 29.1 Å². The van der Waals surface area contributed by atoms with Crippen molar-refractivity contribution in [3.8, 4) is 0 Å². The second-order valence-electron chi connectivity index (χ2n) is 5.79. The fourth-order valence-corrected chi connectivity index (χ4v) is 2.43. The lowest BCUT2D eigenvalue weighted by atomic mass is 10.2. The van der Waals surface area contributed by atoms with Crippen molar-refractivity contribution in [2.24, 2.45) is 5.10 Å². The summed E-state index contributed by atoms with van der Waals surface area (Å²) < 4.78 is 38.6. The van der Waals surface area contributed by atoms with E-state index in [1.54, 1.807) is 18.2 Å². The van der Waals surface area contributed by atoms with Crippen molar-refractivity contribution in [1.82, 2.24) is 5.43 Å². The number of nitrogens with zero attached hydrogens (tertiary/aromatic N) is 1. The molecule has 2 rings (SSSR count). The predicted octanol–water partition coefficient (Wildman–Crippen LogP) is 4.08. The molecule has 0 unspecified atom stereocenters. The van der Waals surface area contributed by atoms with Crippen LogP contribution in [0.3, 0.4) is 0 Å². The molecular weight excluding hydrogens is 397 g/mol. The average molecular weight is 413 g/mol. The fraction of sp³-hybridized carbons (Fsp3) is 0.167. The summed E-state index contributed by atoms with van der Waals surface area (Å²) in [6.45, 7) is 1.48. The highest BCUT2D eigenvalue weighted by atomic mass is 35.5. The quantitative estimate of drug-likeness (QED) is 0.392. The SMILES string of the molecule is C/C(CC(=O)Nc1ccc(Cl)c(C(F)(F)F)c1)=N/NC(=O)c1ccccc1N. The van der Waals surface area contributed by atoms with Crippen LogP contribution in [0.15, 0.2) is 47.6 Å². The smallest absolute Gasteiger partial charge is 0.398 e. The minimum atomic E-state index is -4.64. The van der Waals surface area contributed by atoms with Crippen LogP contribution in [0.25, 0.3) is 0 Å². The van der Waals surface area contributed by atoms with Crippen LogP contribution in [0.1, 0.15) is 29.3 Å². The molecule has 0 aliphatic rings. The third kappa shape index (κ3) is 5.71. The topological polar surface area (TPSA) is 96.6 Å². The van der Waals surface area contributed by atoms with E-state index >= 15 is 0 Å². The molecule has 0 aliphatic heterocycles. The van der Waals surface area contributed by atoms with Gasteiger partial charge in [-0.2, -0.15) is 18.3 Å². The Hall–Kier alpha value is -3.07. The molecule has 10 heteroatoms. The number of anilines is 2. The minimum absolute atomic E-state index is 0.0596. The van der Waals surface area contributed by atoms with Crippen LogP contribution in [0.4, 0.5) is 24.5 Å². The Morgan fingerprint density at radius 2 is 1.86 bits per heavy atom. The first-order valence-corrected chi connectivity index (χ1v) is 8.30. The summed E-state index contributed by atoms with van der Waals surface area (Å²) >= 11 is 5.53. The lowest BCUT2D eigenvalue weighted by molar-refractivity contribution is -0.137. The molecule has 0 bridgehead atoms. The maximum absolute atomic E-state index is 12.9. The van der Waals surface area contributed by atoms with Crippen LogP contribution in [-0.4, -0.2) is 17.5 Å². The molecule has 0 heterocycles. The monoisotopic (exact) mass is 412 g/mol. The number of nitrogens with one attached hydrogen (secondary N) is 2. The number of carbonyl (C=O) groups excluding carboxylic acids is 2. The van der Waals surface area contributed by atoms with Crippen LogP contribution in [-0.2, 0) is 11.0 Å². The highest BCUT2D eigenvalue weighted by Gasteiger charge is 2.33. The Bertz CT molecular complexity index is 929. The molecule has 6 nitrogen and oxygen atoms in total. The first kappa shape index (κ1) is 21.2. The van der Waals surface area contributed by atoms with Gasteiger partial charge in [-0.05, 0) is 37.3 Å². The van der Waals surface area contributed by atoms with Crippen molar-refractivity contribution in [3.05, 3.63) is 58.6 Å². The van der Waals surface area contributed by atoms with E-state index in [1.807, 2.05) is 0 Å². The largest absolute Gasteiger partial charge is 0.417 e. The molecule has 0 radical (unpaired) electrons. The van der Waals surface area contributed by atoms with Gasteiger partial charge in [-0.1, -0.05) is 23.7 Å². The lowest BCUT2D eigenvalue weighted by Gasteiger charge is -2.11. The van der Waals surface area contributed by atoms with Crippen LogP contribution in [0.2, 0.25) is 5.02 Å². The number of nitrogen functional groups attached to an aromatic ring is 1. The second kappa shape index (κ2) is 8.75. The summed E-state index contributed by atoms with van der Waals surface area (Å²) in [4.78, 5) is 24.0. The van der Waals surface area contributed by atoms with Crippen LogP contribution < -0.4 is 16.5 Å². The van der Waals surface area contributed by atoms with Crippen molar-refractivity contribution in [3.63, 3.8) is 0 Å². The minimum Gasteiger partial charge on any atom is -0.398 e. The third-order valence-corrected chi connectivity index (χ3v) is 3.86. The van der Waals surface area contributed by atoms with Gasteiger partial charge in [0.1, 0.15) is 0 Å². The van der Waals surface area contributed by atoms with Gasteiger partial charge < -0.3 is 11.1 Å². The molecule has 2 aromatic carbocycles. The first-order chi connectivity index (χ1) is 13.1. The number of rotatable bonds is 5. The molecule has 148 valence electrons. The van der Waals surface area contributed by atoms with Gasteiger partial charge >= 0.3 is 6.18 Å². The first-order valence-electron chi connectivity index (χ1n) is 7.92. The Morgan fingerprint density at radius 1 is 1.18 bits per heavy atom. The molecule has 0 saturated carbocycles. The zero-order valence-corrected chi connectivity index (χ0v) is 15.4. The van der Waals surface area contributed by atoms with Gasteiger partial charge in [-0.15, -0.1) is 0 Å². The highest BCUT2D eigenvalue weighted by Crippen LogP contribution is 2.36. The molecular formula is C18H16ClF3N4O2. The molecule has 0 aromatic heterocycles. The number of alkyl halides is 3. The Labute approximate surface area is 163 Å². The number of benzene rings is 2. The molecule has 28 heavy (non-hydrogen) atoms. The zero-order valence-electron chi connectivity index (χ0n) is 14.6. The molecule has 0 aliphatic carbocycles. The summed E-state index contributed by atoms with van der Waals surface area (Å²) in [6, 6.07) is 9.42. The van der Waals surface area contributed by atoms with Gasteiger partial charge in [0.2, 0.25) is 5.91 Å². The number of halogens is 4. The van der Waals surface area contributed by atoms with E-state index in [1.165, 1.54) is 19.1 Å². The van der Waals surface area contributed by atoms with Gasteiger partial charge in [0.05, 0.1) is 22.6 Å². The molecule has 2 amide bonds. The molecule has 2 aromatic rings. The number of hydrogen-bond donors (Lipinski definition) is 3. The molecule has 0 saturated heterocycles. The van der Waals surface area contributed by atoms with E-state index in [0.717, 1.165) is 12.1 Å². The summed E-state index contributed by atoms with van der Waals surface area (Å²) in [5.41, 5.74) is 7.58. The van der Waals surface area contributed by atoms with Gasteiger partial charge in [0.25, 0.3) is 5.91 Å². The van der Waals surface area contributed by atoms with E-state index in [2.05, 4.69) is 15.8 Å². The fourth-order valence-electron chi connectivity index (χ4n) is 2.21. The number of carbonyl (C=O) groups is 2. The normalized spacial score (nSPS) is 11.8. The van der Waals surface area contributed by atoms with Crippen LogP contribution in [0, 0.1) is 0 Å². The number of para-hydroxylation sites is 1. The van der Waals surface area contributed by atoms with Gasteiger partial charge in [-0.3, -0.25) is 9.59 Å². The number of amides is 2. The molecule has 0 atom stereocenters. The highest BCUT2D eigenvalue weighted by molar-refractivity contribution is 6.31. The Balaban J connectivity index is 1.98. The van der Waals surface area contributed by atoms with Gasteiger partial charge in [-0.25, -0.2) is 5.43 Å². The standard InChI is InChI=1S/C18H16ClF3N4O2/c1-10(25-26-17(28)12-4-2-3-5-15(12)23)8-16(27)24-11-6-7-14(19)13(9-11)18(20,21)22/h2-7,9H,8,23H2,1H3,(H,24,27)(H,26,28)/b25-10-. The van der Waals surface area contributed by atoms with Crippen LogP contribution >= 0.6 is 11.6 Å². The van der Waals surface area contributed by atoms with Crippen molar-refractivity contribution in [2.75, 3.05) is 11.1 Å². The third-order valence-electron chi connectivity index (χ3n) is 3.53. The van der Waals surface area contributed by atoms with Crippen molar-refractivity contribution < 1.29 is 22.8 Å². The van der Waals surface area contributed by atoms with Crippen molar-refractivity contribution >= 4 is 40.5 Å². The summed E-state index contributed by atoms with van der Waals surface area (Å²) in [5, 5.41) is 5.66. The number of hydrogen-bond acceptors (Lipinski definition) is 4. The summed E-state index contributed by atoms with van der Waals surface area (Å²) in [6.07, 6.45) is -4.88. The lowest BCUT2D eigenvalue weighted by Crippen LogP contribution is -2.22. The molecule has 4 N–H and O–H groups in total. The number of nitrogens with two attached hydrogens (primary N) is 1. The maximum Gasteiger partial charge on any atom is 0.417 e. The van der Waals surface area contributed by atoms with Gasteiger partial charge in [0.15, 0.2) is 0 Å². The zero-order chi connectivity index (χ0) is 20.9. The molecule has 0 spiro atoms. The summed E-state index contributed by atoms with van der Waals surface area (Å²) in [7, 11) is 0. The maximum atomic E-state index is 12.9. The predicted molar refractivity (Wildman–Crippen MR) is 101 cm³/mol. The number of hydrazone groups is 1. The molecule has 0 fully saturated rings. The van der Waals surface area contributed by atoms with E-state index in [0.29, 0.717) is 0 Å². The van der Waals surface area contributed by atoms with Crippen LogP contribution in [0.5, 0.6) is 0 Å². The Morgan fingerprint density at radius 3 is 2.50 bits per heavy atom. The van der Waals surface area contributed by atoms with E-state index in [4.69, 9.17) is 17.3 Å². The average Bonchev–Trinajstić information content (AvgIpc) is 2.60. The second-order valence-corrected chi connectivity index (χ2v) is 6.20. The van der Waals surface area contributed by atoms with E-state index < -0.39 is 28.6 Å².